The number of methoxy groups -OCH3 is 1. The number of nitriles is 1. The van der Waals surface area contributed by atoms with E-state index >= 15 is 0 Å². The molecule has 0 saturated carbocycles. The van der Waals surface area contributed by atoms with Gasteiger partial charge in [0.15, 0.2) is 0 Å². The normalized spacial score (nSPS) is 9.50. The van der Waals surface area contributed by atoms with Gasteiger partial charge in [-0.1, -0.05) is 17.7 Å². The third-order valence-electron chi connectivity index (χ3n) is 2.17. The molecule has 0 amide bonds. The highest BCUT2D eigenvalue weighted by Crippen LogP contribution is 2.21. The largest absolute Gasteiger partial charge is 0.496 e. The van der Waals surface area contributed by atoms with Crippen LogP contribution in [0.3, 0.4) is 0 Å². The molecular formula is C12H15NO. The molecule has 1 aromatic carbocycles. The van der Waals surface area contributed by atoms with Gasteiger partial charge in [0, 0.05) is 6.42 Å². The van der Waals surface area contributed by atoms with Crippen LogP contribution in [-0.4, -0.2) is 7.11 Å². The number of ether oxygens (including phenoxy) is 1. The van der Waals surface area contributed by atoms with E-state index < -0.39 is 0 Å². The Kier molecular flexibility index (Phi) is 4.00. The van der Waals surface area contributed by atoms with Crippen LogP contribution in [0.4, 0.5) is 0 Å². The van der Waals surface area contributed by atoms with E-state index in [1.807, 2.05) is 12.1 Å². The Labute approximate surface area is 85.1 Å². The molecule has 2 heteroatoms. The van der Waals surface area contributed by atoms with Crippen molar-refractivity contribution < 1.29 is 4.74 Å². The highest BCUT2D eigenvalue weighted by atomic mass is 16.5. The molecule has 1 rings (SSSR count). The Balaban J connectivity index is 2.73. The van der Waals surface area contributed by atoms with Gasteiger partial charge < -0.3 is 4.74 Å². The molecule has 0 radical (unpaired) electrons. The van der Waals surface area contributed by atoms with E-state index in [1.165, 1.54) is 11.1 Å². The number of hydrogen-bond acceptors (Lipinski definition) is 2. The minimum Gasteiger partial charge on any atom is -0.496 e. The fourth-order valence-corrected chi connectivity index (χ4v) is 1.46. The molecule has 0 fully saturated rings. The van der Waals surface area contributed by atoms with Crippen LogP contribution in [0, 0.1) is 18.3 Å². The van der Waals surface area contributed by atoms with Crippen LogP contribution in [0.5, 0.6) is 5.75 Å². The molecule has 0 spiro atoms. The number of benzene rings is 1. The Morgan fingerprint density at radius 1 is 1.43 bits per heavy atom. The lowest BCUT2D eigenvalue weighted by Gasteiger charge is -2.08. The third-order valence-corrected chi connectivity index (χ3v) is 2.17. The van der Waals surface area contributed by atoms with Gasteiger partial charge in [-0.15, -0.1) is 0 Å². The summed E-state index contributed by atoms with van der Waals surface area (Å²) in [6.07, 6.45) is 2.42. The molecule has 0 aliphatic carbocycles. The van der Waals surface area contributed by atoms with Gasteiger partial charge in [-0.2, -0.15) is 5.26 Å². The van der Waals surface area contributed by atoms with Crippen molar-refractivity contribution in [3.8, 4) is 11.8 Å². The van der Waals surface area contributed by atoms with Crippen molar-refractivity contribution in [1.29, 1.82) is 5.26 Å². The van der Waals surface area contributed by atoms with E-state index in [-0.39, 0.29) is 0 Å². The molecule has 74 valence electrons. The summed E-state index contributed by atoms with van der Waals surface area (Å²) in [6, 6.07) is 8.29. The highest BCUT2D eigenvalue weighted by Gasteiger charge is 2.02. The Morgan fingerprint density at radius 3 is 2.86 bits per heavy atom. The maximum atomic E-state index is 8.44. The first-order valence-corrected chi connectivity index (χ1v) is 4.78. The third kappa shape index (κ3) is 2.77. The van der Waals surface area contributed by atoms with E-state index in [2.05, 4.69) is 19.1 Å². The smallest absolute Gasteiger partial charge is 0.122 e. The molecule has 0 bridgehead atoms. The first kappa shape index (κ1) is 10.6. The van der Waals surface area contributed by atoms with E-state index in [1.54, 1.807) is 7.11 Å². The summed E-state index contributed by atoms with van der Waals surface area (Å²) < 4.78 is 5.25. The molecule has 0 aromatic heterocycles. The summed E-state index contributed by atoms with van der Waals surface area (Å²) >= 11 is 0. The van der Waals surface area contributed by atoms with Crippen LogP contribution in [0.1, 0.15) is 24.0 Å². The standard InChI is InChI=1S/C12H15NO/c1-10-6-7-12(14-2)11(9-10)5-3-4-8-13/h6-7,9H,3-5H2,1-2H3. The maximum Gasteiger partial charge on any atom is 0.122 e. The lowest BCUT2D eigenvalue weighted by atomic mass is 10.0. The molecule has 2 nitrogen and oxygen atoms in total. The predicted octanol–water partition coefficient (Wildman–Crippen LogP) is 2.85. The van der Waals surface area contributed by atoms with Crippen LogP contribution in [-0.2, 0) is 6.42 Å². The summed E-state index contributed by atoms with van der Waals surface area (Å²) in [7, 11) is 1.68. The fraction of sp³-hybridized carbons (Fsp3) is 0.417. The van der Waals surface area contributed by atoms with Crippen molar-refractivity contribution >= 4 is 0 Å². The van der Waals surface area contributed by atoms with Gasteiger partial charge in [0.1, 0.15) is 5.75 Å². The van der Waals surface area contributed by atoms with Crippen LogP contribution in [0.25, 0.3) is 0 Å². The zero-order valence-corrected chi connectivity index (χ0v) is 8.71. The molecule has 1 aromatic rings. The summed E-state index contributed by atoms with van der Waals surface area (Å²) in [4.78, 5) is 0. The van der Waals surface area contributed by atoms with E-state index in [4.69, 9.17) is 10.00 Å². The van der Waals surface area contributed by atoms with Crippen LogP contribution in [0.2, 0.25) is 0 Å². The van der Waals surface area contributed by atoms with Crippen LogP contribution < -0.4 is 4.74 Å². The van der Waals surface area contributed by atoms with Crippen molar-refractivity contribution in [1.82, 2.24) is 0 Å². The summed E-state index contributed by atoms with van der Waals surface area (Å²) in [6.45, 7) is 2.06. The quantitative estimate of drug-likeness (QED) is 0.682. The Hall–Kier alpha value is -1.49. The van der Waals surface area contributed by atoms with Crippen molar-refractivity contribution in [2.45, 2.75) is 26.2 Å². The van der Waals surface area contributed by atoms with E-state index in [9.17, 15) is 0 Å². The molecule has 0 heterocycles. The van der Waals surface area contributed by atoms with Gasteiger partial charge in [-0.25, -0.2) is 0 Å². The average Bonchev–Trinajstić information content (AvgIpc) is 2.19. The van der Waals surface area contributed by atoms with Crippen LogP contribution >= 0.6 is 0 Å². The summed E-state index contributed by atoms with van der Waals surface area (Å²) in [5, 5.41) is 8.44. The molecule has 0 saturated heterocycles. The summed E-state index contributed by atoms with van der Waals surface area (Å²) in [5.41, 5.74) is 2.43. The zero-order chi connectivity index (χ0) is 10.4. The second-order valence-corrected chi connectivity index (χ2v) is 3.33. The van der Waals surface area contributed by atoms with Crippen molar-refractivity contribution in [2.24, 2.45) is 0 Å². The molecule has 0 N–H and O–H groups in total. The first-order chi connectivity index (χ1) is 6.77. The molecule has 0 atom stereocenters. The number of hydrogen-bond donors (Lipinski definition) is 0. The van der Waals surface area contributed by atoms with Gasteiger partial charge in [-0.3, -0.25) is 0 Å². The Morgan fingerprint density at radius 2 is 2.21 bits per heavy atom. The Bertz CT molecular complexity index is 339. The second-order valence-electron chi connectivity index (χ2n) is 3.33. The number of aryl methyl sites for hydroxylation is 2. The van der Waals surface area contributed by atoms with Gasteiger partial charge in [0.25, 0.3) is 0 Å². The fourth-order valence-electron chi connectivity index (χ4n) is 1.46. The lowest BCUT2D eigenvalue weighted by Crippen LogP contribution is -1.93. The topological polar surface area (TPSA) is 33.0 Å². The lowest BCUT2D eigenvalue weighted by molar-refractivity contribution is 0.409. The van der Waals surface area contributed by atoms with Crippen LogP contribution in [0.15, 0.2) is 18.2 Å². The van der Waals surface area contributed by atoms with Crippen molar-refractivity contribution in [3.63, 3.8) is 0 Å². The minimum absolute atomic E-state index is 0.608. The summed E-state index contributed by atoms with van der Waals surface area (Å²) in [5.74, 6) is 0.925. The SMILES string of the molecule is COc1ccc(C)cc1CCCC#N. The number of nitrogens with zero attached hydrogens (tertiary/aromatic N) is 1. The van der Waals surface area contributed by atoms with Gasteiger partial charge in [0.2, 0.25) is 0 Å². The molecule has 14 heavy (non-hydrogen) atoms. The second kappa shape index (κ2) is 5.29. The van der Waals surface area contributed by atoms with Crippen molar-refractivity contribution in [2.75, 3.05) is 7.11 Å². The van der Waals surface area contributed by atoms with E-state index in [0.29, 0.717) is 6.42 Å². The molecule has 0 aliphatic rings. The number of rotatable bonds is 4. The minimum atomic E-state index is 0.608. The zero-order valence-electron chi connectivity index (χ0n) is 8.71. The van der Waals surface area contributed by atoms with Crippen molar-refractivity contribution in [3.05, 3.63) is 29.3 Å². The molecular weight excluding hydrogens is 174 g/mol. The molecule has 0 aliphatic heterocycles. The number of unbranched alkanes of at least 4 members (excludes halogenated alkanes) is 1. The highest BCUT2D eigenvalue weighted by molar-refractivity contribution is 5.36. The van der Waals surface area contributed by atoms with Gasteiger partial charge in [0.05, 0.1) is 13.2 Å². The average molecular weight is 189 g/mol. The molecule has 0 unspecified atom stereocenters. The van der Waals surface area contributed by atoms with Gasteiger partial charge >= 0.3 is 0 Å². The first-order valence-electron chi connectivity index (χ1n) is 4.78. The monoisotopic (exact) mass is 189 g/mol. The van der Waals surface area contributed by atoms with E-state index in [0.717, 1.165) is 18.6 Å². The maximum absolute atomic E-state index is 8.44. The predicted molar refractivity (Wildman–Crippen MR) is 56.3 cm³/mol. The van der Waals surface area contributed by atoms with Gasteiger partial charge in [-0.05, 0) is 31.4 Å².